The zero-order valence-electron chi connectivity index (χ0n) is 8.28. The van der Waals surface area contributed by atoms with Crippen LogP contribution >= 0.6 is 0 Å². The fourth-order valence-corrected chi connectivity index (χ4v) is 1.35. The van der Waals surface area contributed by atoms with E-state index in [0.717, 1.165) is 10.9 Å². The van der Waals surface area contributed by atoms with E-state index in [1.54, 1.807) is 25.3 Å². The quantitative estimate of drug-likeness (QED) is 0.741. The van der Waals surface area contributed by atoms with Crippen molar-refractivity contribution >= 4 is 16.8 Å². The van der Waals surface area contributed by atoms with Crippen molar-refractivity contribution in [2.45, 2.75) is 6.92 Å². The molecular weight excluding hydrogens is 194 g/mol. The number of benzene rings is 1. The van der Waals surface area contributed by atoms with Crippen molar-refractivity contribution in [3.63, 3.8) is 0 Å². The molecule has 5 nitrogen and oxygen atoms in total. The molecule has 0 radical (unpaired) electrons. The summed E-state index contributed by atoms with van der Waals surface area (Å²) in [5.41, 5.74) is 3.59. The van der Waals surface area contributed by atoms with Crippen molar-refractivity contribution in [2.75, 3.05) is 6.61 Å². The molecule has 2 rings (SSSR count). The Labute approximate surface area is 86.4 Å². The molecule has 0 spiro atoms. The number of hydrogen-bond acceptors (Lipinski definition) is 3. The Morgan fingerprint density at radius 2 is 2.47 bits per heavy atom. The zero-order chi connectivity index (χ0) is 10.7. The molecule has 0 atom stereocenters. The number of carbonyl (C=O) groups excluding carboxylic acids is 1. The van der Waals surface area contributed by atoms with Crippen LogP contribution in [-0.2, 0) is 4.84 Å². The van der Waals surface area contributed by atoms with Crippen LogP contribution in [0.5, 0.6) is 0 Å². The second kappa shape index (κ2) is 4.10. The number of H-pyrrole nitrogens is 1. The van der Waals surface area contributed by atoms with Crippen molar-refractivity contribution in [2.24, 2.45) is 0 Å². The smallest absolute Gasteiger partial charge is 0.277 e. The SMILES string of the molecule is CCONC(=O)c1cccc2cn[nH]c12. The number of rotatable bonds is 3. The van der Waals surface area contributed by atoms with Gasteiger partial charge in [-0.25, -0.2) is 5.48 Å². The van der Waals surface area contributed by atoms with E-state index in [4.69, 9.17) is 4.84 Å². The Kier molecular flexibility index (Phi) is 2.64. The summed E-state index contributed by atoms with van der Waals surface area (Å²) in [5, 5.41) is 7.56. The molecule has 1 aromatic carbocycles. The summed E-state index contributed by atoms with van der Waals surface area (Å²) in [5.74, 6) is -0.272. The van der Waals surface area contributed by atoms with E-state index in [9.17, 15) is 4.79 Å². The summed E-state index contributed by atoms with van der Waals surface area (Å²) in [6.07, 6.45) is 1.67. The average molecular weight is 205 g/mol. The molecule has 0 fully saturated rings. The van der Waals surface area contributed by atoms with Gasteiger partial charge >= 0.3 is 0 Å². The Morgan fingerprint density at radius 1 is 1.60 bits per heavy atom. The van der Waals surface area contributed by atoms with Crippen LogP contribution in [0.4, 0.5) is 0 Å². The number of amides is 1. The molecule has 1 aromatic heterocycles. The van der Waals surface area contributed by atoms with E-state index in [0.29, 0.717) is 12.2 Å². The van der Waals surface area contributed by atoms with Gasteiger partial charge in [0.2, 0.25) is 0 Å². The van der Waals surface area contributed by atoms with Gasteiger partial charge in [-0.3, -0.25) is 14.7 Å². The Balaban J connectivity index is 2.34. The number of nitrogens with one attached hydrogen (secondary N) is 2. The Bertz CT molecular complexity index is 478. The summed E-state index contributed by atoms with van der Waals surface area (Å²) in [4.78, 5) is 16.5. The zero-order valence-corrected chi connectivity index (χ0v) is 8.28. The molecule has 15 heavy (non-hydrogen) atoms. The van der Waals surface area contributed by atoms with E-state index in [-0.39, 0.29) is 5.91 Å². The number of aromatic amines is 1. The minimum absolute atomic E-state index is 0.272. The number of para-hydroxylation sites is 1. The van der Waals surface area contributed by atoms with E-state index in [1.807, 2.05) is 6.07 Å². The van der Waals surface area contributed by atoms with Gasteiger partial charge in [-0.05, 0) is 13.0 Å². The maximum absolute atomic E-state index is 11.6. The van der Waals surface area contributed by atoms with Gasteiger partial charge in [-0.2, -0.15) is 5.10 Å². The van der Waals surface area contributed by atoms with Crippen LogP contribution in [0.25, 0.3) is 10.9 Å². The first-order valence-electron chi connectivity index (χ1n) is 4.67. The Hall–Kier alpha value is -1.88. The van der Waals surface area contributed by atoms with Gasteiger partial charge in [0.1, 0.15) is 0 Å². The van der Waals surface area contributed by atoms with Crippen molar-refractivity contribution in [1.82, 2.24) is 15.7 Å². The van der Waals surface area contributed by atoms with Gasteiger partial charge < -0.3 is 0 Å². The molecule has 0 aliphatic rings. The third-order valence-electron chi connectivity index (χ3n) is 2.03. The van der Waals surface area contributed by atoms with Crippen molar-refractivity contribution in [3.8, 4) is 0 Å². The summed E-state index contributed by atoms with van der Waals surface area (Å²) >= 11 is 0. The van der Waals surface area contributed by atoms with Crippen LogP contribution in [0.3, 0.4) is 0 Å². The third-order valence-corrected chi connectivity index (χ3v) is 2.03. The lowest BCUT2D eigenvalue weighted by atomic mass is 10.1. The fourth-order valence-electron chi connectivity index (χ4n) is 1.35. The fraction of sp³-hybridized carbons (Fsp3) is 0.200. The molecule has 1 heterocycles. The van der Waals surface area contributed by atoms with Gasteiger partial charge in [-0.1, -0.05) is 12.1 Å². The summed E-state index contributed by atoms with van der Waals surface area (Å²) in [7, 11) is 0. The van der Waals surface area contributed by atoms with Gasteiger partial charge in [-0.15, -0.1) is 0 Å². The van der Waals surface area contributed by atoms with Crippen molar-refractivity contribution in [1.29, 1.82) is 0 Å². The summed E-state index contributed by atoms with van der Waals surface area (Å²) in [6, 6.07) is 5.41. The lowest BCUT2D eigenvalue weighted by molar-refractivity contribution is 0.0366. The highest BCUT2D eigenvalue weighted by molar-refractivity contribution is 6.04. The molecule has 0 aliphatic carbocycles. The second-order valence-corrected chi connectivity index (χ2v) is 3.00. The highest BCUT2D eigenvalue weighted by atomic mass is 16.6. The predicted molar refractivity (Wildman–Crippen MR) is 55.2 cm³/mol. The van der Waals surface area contributed by atoms with E-state index >= 15 is 0 Å². The number of carbonyl (C=O) groups is 1. The topological polar surface area (TPSA) is 67.0 Å². The first kappa shape index (κ1) is 9.67. The summed E-state index contributed by atoms with van der Waals surface area (Å²) in [6.45, 7) is 2.24. The lowest BCUT2D eigenvalue weighted by Crippen LogP contribution is -2.23. The molecule has 0 aliphatic heterocycles. The first-order chi connectivity index (χ1) is 7.33. The molecule has 0 saturated carbocycles. The van der Waals surface area contributed by atoms with E-state index in [2.05, 4.69) is 15.7 Å². The molecule has 2 N–H and O–H groups in total. The number of hydrogen-bond donors (Lipinski definition) is 2. The van der Waals surface area contributed by atoms with Crippen molar-refractivity contribution in [3.05, 3.63) is 30.0 Å². The Morgan fingerprint density at radius 3 is 3.27 bits per heavy atom. The molecule has 0 bridgehead atoms. The van der Waals surface area contributed by atoms with Crippen LogP contribution in [0.2, 0.25) is 0 Å². The van der Waals surface area contributed by atoms with Crippen LogP contribution < -0.4 is 5.48 Å². The molecule has 0 saturated heterocycles. The number of fused-ring (bicyclic) bond motifs is 1. The van der Waals surface area contributed by atoms with Crippen molar-refractivity contribution < 1.29 is 9.63 Å². The number of nitrogens with zero attached hydrogens (tertiary/aromatic N) is 1. The van der Waals surface area contributed by atoms with E-state index < -0.39 is 0 Å². The standard InChI is InChI=1S/C10H11N3O2/c1-2-15-13-10(14)8-5-3-4-7-6-11-12-9(7)8/h3-6H,2H2,1H3,(H,11,12)(H,13,14). The molecule has 78 valence electrons. The largest absolute Gasteiger partial charge is 0.277 e. The monoisotopic (exact) mass is 205 g/mol. The third kappa shape index (κ3) is 1.82. The molecule has 2 aromatic rings. The van der Waals surface area contributed by atoms with Crippen LogP contribution in [0.1, 0.15) is 17.3 Å². The number of aromatic nitrogens is 2. The highest BCUT2D eigenvalue weighted by Gasteiger charge is 2.10. The van der Waals surface area contributed by atoms with Crippen LogP contribution in [0, 0.1) is 0 Å². The van der Waals surface area contributed by atoms with Gasteiger partial charge in [0.15, 0.2) is 0 Å². The van der Waals surface area contributed by atoms with Gasteiger partial charge in [0.05, 0.1) is 23.9 Å². The lowest BCUT2D eigenvalue weighted by Gasteiger charge is -2.03. The predicted octanol–water partition coefficient (Wildman–Crippen LogP) is 1.24. The van der Waals surface area contributed by atoms with Gasteiger partial charge in [0, 0.05) is 5.39 Å². The minimum atomic E-state index is -0.272. The normalized spacial score (nSPS) is 10.5. The van der Waals surface area contributed by atoms with Crippen LogP contribution in [-0.4, -0.2) is 22.7 Å². The first-order valence-corrected chi connectivity index (χ1v) is 4.67. The molecular formula is C10H11N3O2. The highest BCUT2D eigenvalue weighted by Crippen LogP contribution is 2.15. The van der Waals surface area contributed by atoms with E-state index in [1.165, 1.54) is 0 Å². The van der Waals surface area contributed by atoms with Crippen LogP contribution in [0.15, 0.2) is 24.4 Å². The maximum Gasteiger partial charge on any atom is 0.277 e. The minimum Gasteiger partial charge on any atom is -0.277 e. The maximum atomic E-state index is 11.6. The second-order valence-electron chi connectivity index (χ2n) is 3.00. The average Bonchev–Trinajstić information content (AvgIpc) is 2.73. The number of hydroxylamine groups is 1. The van der Waals surface area contributed by atoms with Gasteiger partial charge in [0.25, 0.3) is 5.91 Å². The molecule has 5 heteroatoms. The molecule has 1 amide bonds. The molecule has 0 unspecified atom stereocenters. The summed E-state index contributed by atoms with van der Waals surface area (Å²) < 4.78 is 0.